The van der Waals surface area contributed by atoms with Crippen LogP contribution in [-0.2, 0) is 19.0 Å². The lowest BCUT2D eigenvalue weighted by molar-refractivity contribution is -0.109. The molecule has 1 aliphatic rings. The van der Waals surface area contributed by atoms with E-state index in [9.17, 15) is 19.2 Å². The smallest absolute Gasteiger partial charge is 0.443 e. The van der Waals surface area contributed by atoms with Gasteiger partial charge in [-0.3, -0.25) is 0 Å². The molecule has 1 fully saturated rings. The first-order valence-corrected chi connectivity index (χ1v) is 8.19. The molecule has 0 unspecified atom stereocenters. The van der Waals surface area contributed by atoms with Crippen molar-refractivity contribution in [3.63, 3.8) is 0 Å². The third-order valence-electron chi connectivity index (χ3n) is 3.35. The molecule has 25 heavy (non-hydrogen) atoms. The molecule has 1 N–H and O–H groups in total. The number of hydrogen-bond donors (Lipinski definition) is 0. The van der Waals surface area contributed by atoms with Crippen molar-refractivity contribution in [3.05, 3.63) is 0 Å². The second-order valence-corrected chi connectivity index (χ2v) is 7.91. The van der Waals surface area contributed by atoms with E-state index in [1.165, 1.54) is 0 Å². The number of carbonyl (C=O) groups is 3. The van der Waals surface area contributed by atoms with Crippen LogP contribution in [0.3, 0.4) is 0 Å². The molecule has 0 spiro atoms. The fourth-order valence-corrected chi connectivity index (χ4v) is 2.31. The second-order valence-electron chi connectivity index (χ2n) is 7.91. The van der Waals surface area contributed by atoms with Gasteiger partial charge in [0.2, 0.25) is 5.54 Å². The van der Waals surface area contributed by atoms with E-state index in [4.69, 9.17) is 14.2 Å². The first kappa shape index (κ1) is 20.9. The molecule has 0 radical (unpaired) electrons. The second kappa shape index (κ2) is 7.01. The summed E-state index contributed by atoms with van der Waals surface area (Å²) in [7, 11) is 0. The van der Waals surface area contributed by atoms with Gasteiger partial charge < -0.3 is 23.8 Å². The van der Waals surface area contributed by atoms with E-state index in [0.29, 0.717) is 11.2 Å². The van der Waals surface area contributed by atoms with E-state index in [-0.39, 0.29) is 13.0 Å². The Morgan fingerprint density at radius 3 is 1.84 bits per heavy atom. The van der Waals surface area contributed by atoms with Gasteiger partial charge in [0, 0.05) is 6.42 Å². The van der Waals surface area contributed by atoms with E-state index in [1.807, 2.05) is 0 Å². The van der Waals surface area contributed by atoms with Gasteiger partial charge in [0.1, 0.15) is 17.5 Å². The van der Waals surface area contributed by atoms with Gasteiger partial charge in [-0.1, -0.05) is 0 Å². The number of rotatable bonds is 4. The van der Waals surface area contributed by atoms with Crippen LogP contribution < -0.4 is 0 Å². The van der Waals surface area contributed by atoms with Crippen molar-refractivity contribution in [1.29, 1.82) is 0 Å². The Labute approximate surface area is 147 Å². The molecule has 2 atom stereocenters. The molecule has 0 aromatic heterocycles. The number of imide groups is 1. The molecule has 142 valence electrons. The third-order valence-corrected chi connectivity index (χ3v) is 3.35. The monoisotopic (exact) mass is 358 g/mol. The van der Waals surface area contributed by atoms with E-state index < -0.39 is 40.8 Å². The average molecular weight is 358 g/mol. The zero-order valence-corrected chi connectivity index (χ0v) is 15.9. The van der Waals surface area contributed by atoms with Crippen LogP contribution in [0.15, 0.2) is 0 Å². The number of ether oxygens (including phenoxy) is 3. The van der Waals surface area contributed by atoms with Crippen molar-refractivity contribution >= 4 is 24.4 Å². The Bertz CT molecular complexity index is 530. The lowest BCUT2D eigenvalue weighted by Crippen LogP contribution is -2.55. The molecule has 0 saturated heterocycles. The van der Waals surface area contributed by atoms with Gasteiger partial charge in [-0.25, -0.2) is 9.59 Å². The normalized spacial score (nSPS) is 22.6. The van der Waals surface area contributed by atoms with Crippen LogP contribution >= 0.6 is 0 Å². The van der Waals surface area contributed by atoms with E-state index >= 15 is 0 Å². The molecule has 0 heterocycles. The quantitative estimate of drug-likeness (QED) is 0.331. The lowest BCUT2D eigenvalue weighted by Gasteiger charge is -2.31. The van der Waals surface area contributed by atoms with Crippen molar-refractivity contribution in [2.24, 2.45) is 5.92 Å². The lowest BCUT2D eigenvalue weighted by atomic mass is 10.1. The number of carbonyl (C=O) groups excluding carboxylic acids is 4. The third kappa shape index (κ3) is 4.93. The van der Waals surface area contributed by atoms with Crippen LogP contribution in [0, 0.1) is 5.92 Å². The highest BCUT2D eigenvalue weighted by Gasteiger charge is 2.74. The molecular formula is C17H28NO7+. The standard InChI is InChI=1S/C17H27NO7/c1-8-23-12(20)17(9-11(17)10-19)18(13(21)24-15(2,3)4)14(22)25-16(5,6)7/h10-11H,8-9H2,1-7H3/p+1/t11-,17+/m0/s1. The molecule has 1 rings (SSSR count). The maximum absolute atomic E-state index is 12.6. The highest BCUT2D eigenvalue weighted by molar-refractivity contribution is 6.02. The van der Waals surface area contributed by atoms with Crippen molar-refractivity contribution in [2.45, 2.75) is 71.6 Å². The molecule has 0 bridgehead atoms. The van der Waals surface area contributed by atoms with Crippen LogP contribution in [-0.4, -0.2) is 57.5 Å². The van der Waals surface area contributed by atoms with Gasteiger partial charge in [-0.15, -0.1) is 0 Å². The largest absolute Gasteiger partial charge is 0.511 e. The van der Waals surface area contributed by atoms with Crippen molar-refractivity contribution < 1.29 is 33.4 Å². The number of esters is 1. The predicted molar refractivity (Wildman–Crippen MR) is 89.8 cm³/mol. The van der Waals surface area contributed by atoms with Crippen LogP contribution in [0.4, 0.5) is 9.59 Å². The van der Waals surface area contributed by atoms with E-state index in [2.05, 4.69) is 0 Å². The Morgan fingerprint density at radius 2 is 1.56 bits per heavy atom. The van der Waals surface area contributed by atoms with Crippen molar-refractivity contribution in [2.75, 3.05) is 6.61 Å². The summed E-state index contributed by atoms with van der Waals surface area (Å²) in [6.07, 6.45) is -1.42. The maximum Gasteiger partial charge on any atom is 0.511 e. The zero-order valence-electron chi connectivity index (χ0n) is 15.9. The molecule has 8 heteroatoms. The summed E-state index contributed by atoms with van der Waals surface area (Å²) in [6, 6.07) is 0. The van der Waals surface area contributed by atoms with Crippen LogP contribution in [0.25, 0.3) is 0 Å². The van der Waals surface area contributed by atoms with Gasteiger partial charge >= 0.3 is 18.2 Å². The van der Waals surface area contributed by atoms with Crippen LogP contribution in [0.1, 0.15) is 54.9 Å². The topological polar surface area (TPSA) is 104 Å². The highest BCUT2D eigenvalue weighted by atomic mass is 16.6. The van der Waals surface area contributed by atoms with Crippen LogP contribution in [0.5, 0.6) is 0 Å². The summed E-state index contributed by atoms with van der Waals surface area (Å²) in [5.74, 6) is -1.37. The van der Waals surface area contributed by atoms with E-state index in [1.54, 1.807) is 48.5 Å². The minimum Gasteiger partial charge on any atom is -0.443 e. The molecule has 8 nitrogen and oxygen atoms in total. The highest BCUT2D eigenvalue weighted by Crippen LogP contribution is 2.49. The number of aldehydes is 1. The maximum atomic E-state index is 12.6. The Kier molecular flexibility index (Phi) is 5.87. The summed E-state index contributed by atoms with van der Waals surface area (Å²) >= 11 is 0. The van der Waals surface area contributed by atoms with E-state index in [0.717, 1.165) is 0 Å². The first-order valence-electron chi connectivity index (χ1n) is 8.19. The molecule has 0 aromatic carbocycles. The SMILES string of the molecule is CCOC(=[OH+])[C@@]1(N(C(=O)OC(C)(C)C)C(=O)OC(C)(C)C)C[C@H]1C=O. The van der Waals surface area contributed by atoms with Crippen molar-refractivity contribution in [3.8, 4) is 0 Å². The first-order chi connectivity index (χ1) is 11.3. The van der Waals surface area contributed by atoms with Gasteiger partial charge in [-0.2, -0.15) is 4.90 Å². The van der Waals surface area contributed by atoms with Crippen molar-refractivity contribution in [1.82, 2.24) is 4.90 Å². The fraction of sp³-hybridized carbons (Fsp3) is 0.765. The minimum atomic E-state index is -1.61. The summed E-state index contributed by atoms with van der Waals surface area (Å²) in [4.78, 5) is 47.5. The molecule has 0 aromatic rings. The zero-order chi connectivity index (χ0) is 19.6. The Morgan fingerprint density at radius 1 is 1.12 bits per heavy atom. The summed E-state index contributed by atoms with van der Waals surface area (Å²) in [5.41, 5.74) is -3.38. The predicted octanol–water partition coefficient (Wildman–Crippen LogP) is 2.66. The molecular weight excluding hydrogens is 330 g/mol. The van der Waals surface area contributed by atoms with Crippen LogP contribution in [0.2, 0.25) is 0 Å². The molecule has 0 aliphatic heterocycles. The van der Waals surface area contributed by atoms with Gasteiger partial charge in [-0.05, 0) is 48.5 Å². The molecule has 2 amide bonds. The van der Waals surface area contributed by atoms with Gasteiger partial charge in [0.05, 0.1) is 5.92 Å². The molecule has 1 aliphatic carbocycles. The summed E-state index contributed by atoms with van der Waals surface area (Å²) < 4.78 is 15.6. The summed E-state index contributed by atoms with van der Waals surface area (Å²) in [6.45, 7) is 11.6. The fourth-order valence-electron chi connectivity index (χ4n) is 2.31. The Hall–Kier alpha value is -2.12. The van der Waals surface area contributed by atoms with Gasteiger partial charge in [0.15, 0.2) is 6.61 Å². The number of amides is 2. The average Bonchev–Trinajstić information content (AvgIpc) is 3.10. The number of hydrogen-bond acceptors (Lipinski definition) is 6. The Balaban J connectivity index is 3.29. The minimum absolute atomic E-state index is 0.0425. The summed E-state index contributed by atoms with van der Waals surface area (Å²) in [5, 5.41) is 0. The molecule has 1 saturated carbocycles. The van der Waals surface area contributed by atoms with Gasteiger partial charge in [0.25, 0.3) is 0 Å². The number of nitrogens with zero attached hydrogens (tertiary/aromatic N) is 1.